The van der Waals surface area contributed by atoms with Crippen molar-refractivity contribution in [1.29, 1.82) is 0 Å². The number of aliphatic carboxylic acids is 1. The number of carbonyl (C=O) groups excluding carboxylic acids is 1. The molecule has 2 aromatic carbocycles. The van der Waals surface area contributed by atoms with Gasteiger partial charge in [-0.05, 0) is 74.1 Å². The number of fused-ring (bicyclic) bond motifs is 4. The van der Waals surface area contributed by atoms with Crippen LogP contribution in [0.2, 0.25) is 0 Å². The number of carbonyl (C=O) groups is 2. The summed E-state index contributed by atoms with van der Waals surface area (Å²) in [5.41, 5.74) is 3.21. The SMILES string of the molecule is C[C@H](Oc1ccc2c3c(c(=O)oc2c1)CCCC3)C(=O)N[C@H](Cc1c[nH]c2ccc(O)cc12)C(=O)O. The van der Waals surface area contributed by atoms with E-state index in [-0.39, 0.29) is 17.8 Å². The molecule has 0 spiro atoms. The number of phenols is 1. The second kappa shape index (κ2) is 9.41. The maximum Gasteiger partial charge on any atom is 0.339 e. The zero-order chi connectivity index (χ0) is 25.4. The number of aromatic nitrogens is 1. The van der Waals surface area contributed by atoms with Crippen molar-refractivity contribution in [2.45, 2.75) is 51.2 Å². The zero-order valence-electron chi connectivity index (χ0n) is 19.7. The summed E-state index contributed by atoms with van der Waals surface area (Å²) in [6.45, 7) is 1.52. The van der Waals surface area contributed by atoms with E-state index in [1.807, 2.05) is 6.07 Å². The lowest BCUT2D eigenvalue weighted by molar-refractivity contribution is -0.142. The molecule has 0 saturated carbocycles. The highest BCUT2D eigenvalue weighted by Gasteiger charge is 2.26. The number of hydrogen-bond donors (Lipinski definition) is 4. The van der Waals surface area contributed by atoms with Crippen molar-refractivity contribution in [1.82, 2.24) is 10.3 Å². The molecular weight excluding hydrogens is 464 g/mol. The van der Waals surface area contributed by atoms with E-state index in [0.717, 1.165) is 41.3 Å². The Morgan fingerprint density at radius 3 is 2.67 bits per heavy atom. The third kappa shape index (κ3) is 4.51. The Hall–Kier alpha value is -4.27. The van der Waals surface area contributed by atoms with E-state index in [2.05, 4.69) is 10.3 Å². The first kappa shape index (κ1) is 23.5. The summed E-state index contributed by atoms with van der Waals surface area (Å²) in [5, 5.41) is 23.6. The summed E-state index contributed by atoms with van der Waals surface area (Å²) in [4.78, 5) is 40.1. The zero-order valence-corrected chi connectivity index (χ0v) is 19.7. The molecule has 9 nitrogen and oxygen atoms in total. The predicted molar refractivity (Wildman–Crippen MR) is 132 cm³/mol. The van der Waals surface area contributed by atoms with Gasteiger partial charge in [0.2, 0.25) is 0 Å². The summed E-state index contributed by atoms with van der Waals surface area (Å²) < 4.78 is 11.3. The van der Waals surface area contributed by atoms with Crippen LogP contribution >= 0.6 is 0 Å². The quantitative estimate of drug-likeness (QED) is 0.291. The third-order valence-corrected chi connectivity index (χ3v) is 6.67. The predicted octanol–water partition coefficient (Wildman–Crippen LogP) is 3.44. The van der Waals surface area contributed by atoms with Gasteiger partial charge in [-0.3, -0.25) is 4.79 Å². The molecule has 2 atom stereocenters. The van der Waals surface area contributed by atoms with Crippen LogP contribution in [0.15, 0.2) is 51.8 Å². The molecule has 1 amide bonds. The van der Waals surface area contributed by atoms with Gasteiger partial charge in [0.05, 0.1) is 0 Å². The molecule has 0 bridgehead atoms. The molecule has 4 N–H and O–H groups in total. The number of amides is 1. The lowest BCUT2D eigenvalue weighted by atomic mass is 9.91. The number of nitrogens with one attached hydrogen (secondary N) is 2. The highest BCUT2D eigenvalue weighted by atomic mass is 16.5. The number of hydrogen-bond acceptors (Lipinski definition) is 6. The van der Waals surface area contributed by atoms with E-state index in [1.54, 1.807) is 30.5 Å². The van der Waals surface area contributed by atoms with Crippen LogP contribution in [0.5, 0.6) is 11.5 Å². The van der Waals surface area contributed by atoms with Gasteiger partial charge in [-0.2, -0.15) is 0 Å². The number of phenolic OH excluding ortho intramolecular Hbond substituents is 1. The topological polar surface area (TPSA) is 142 Å². The molecular formula is C27H26N2O7. The van der Waals surface area contributed by atoms with Gasteiger partial charge in [0, 0.05) is 40.5 Å². The van der Waals surface area contributed by atoms with E-state index in [4.69, 9.17) is 9.15 Å². The first-order valence-corrected chi connectivity index (χ1v) is 11.9. The summed E-state index contributed by atoms with van der Waals surface area (Å²) in [6.07, 6.45) is 4.21. The van der Waals surface area contributed by atoms with Gasteiger partial charge >= 0.3 is 11.6 Å². The molecule has 0 aliphatic heterocycles. The second-order valence-electron chi connectivity index (χ2n) is 9.12. The van der Waals surface area contributed by atoms with Gasteiger partial charge < -0.3 is 29.7 Å². The van der Waals surface area contributed by atoms with Gasteiger partial charge in [0.1, 0.15) is 23.1 Å². The standard InChI is InChI=1S/C27H26N2O7/c1-14(35-17-7-8-19-18-4-2-3-5-20(18)27(34)36-24(19)12-17)25(31)29-23(26(32)33)10-15-13-28-22-9-6-16(30)11-21(15)22/h6-9,11-14,23,28,30H,2-5,10H2,1H3,(H,29,31)(H,32,33)/t14-,23+/m0/s1. The Morgan fingerprint density at radius 1 is 1.11 bits per heavy atom. The minimum absolute atomic E-state index is 0.0173. The van der Waals surface area contributed by atoms with E-state index in [0.29, 0.717) is 28.7 Å². The number of aryl methyl sites for hydroxylation is 1. The number of rotatable bonds is 7. The molecule has 4 aromatic rings. The van der Waals surface area contributed by atoms with Crippen molar-refractivity contribution in [2.75, 3.05) is 0 Å². The van der Waals surface area contributed by atoms with E-state index in [1.165, 1.54) is 13.0 Å². The molecule has 186 valence electrons. The third-order valence-electron chi connectivity index (χ3n) is 6.67. The number of carboxylic acid groups (broad SMARTS) is 1. The minimum Gasteiger partial charge on any atom is -0.508 e. The molecule has 0 saturated heterocycles. The van der Waals surface area contributed by atoms with Gasteiger partial charge in [-0.15, -0.1) is 0 Å². The van der Waals surface area contributed by atoms with Crippen LogP contribution in [-0.2, 0) is 28.9 Å². The molecule has 9 heteroatoms. The Bertz CT molecular complexity index is 1530. The Labute approximate surface area is 205 Å². The van der Waals surface area contributed by atoms with Crippen LogP contribution in [0.4, 0.5) is 0 Å². The Balaban J connectivity index is 1.31. The Kier molecular flexibility index (Phi) is 6.13. The lowest BCUT2D eigenvalue weighted by Gasteiger charge is -2.20. The fourth-order valence-corrected chi connectivity index (χ4v) is 4.80. The number of aromatic hydroxyl groups is 1. The molecule has 0 unspecified atom stereocenters. The average molecular weight is 491 g/mol. The Morgan fingerprint density at radius 2 is 1.89 bits per heavy atom. The molecule has 0 radical (unpaired) electrons. The summed E-state index contributed by atoms with van der Waals surface area (Å²) in [5.74, 6) is -1.39. The molecule has 1 aliphatic carbocycles. The number of ether oxygens (including phenoxy) is 1. The molecule has 2 heterocycles. The van der Waals surface area contributed by atoms with E-state index in [9.17, 15) is 24.6 Å². The normalized spacial score (nSPS) is 14.8. The monoisotopic (exact) mass is 490 g/mol. The van der Waals surface area contributed by atoms with Crippen LogP contribution in [0, 0.1) is 0 Å². The van der Waals surface area contributed by atoms with Crippen molar-refractivity contribution in [3.8, 4) is 11.5 Å². The van der Waals surface area contributed by atoms with Gasteiger partial charge in [-0.1, -0.05) is 0 Å². The van der Waals surface area contributed by atoms with Gasteiger partial charge in [0.25, 0.3) is 5.91 Å². The fraction of sp³-hybridized carbons (Fsp3) is 0.296. The first-order valence-electron chi connectivity index (χ1n) is 11.9. The lowest BCUT2D eigenvalue weighted by Crippen LogP contribution is -2.47. The van der Waals surface area contributed by atoms with Gasteiger partial charge in [-0.25, -0.2) is 9.59 Å². The highest BCUT2D eigenvalue weighted by molar-refractivity contribution is 5.89. The van der Waals surface area contributed by atoms with Crippen molar-refractivity contribution in [3.05, 3.63) is 69.7 Å². The van der Waals surface area contributed by atoms with Crippen molar-refractivity contribution < 1.29 is 29.0 Å². The average Bonchev–Trinajstić information content (AvgIpc) is 3.25. The van der Waals surface area contributed by atoms with Crippen molar-refractivity contribution in [3.63, 3.8) is 0 Å². The number of carboxylic acids is 1. The number of benzene rings is 2. The van der Waals surface area contributed by atoms with Crippen LogP contribution < -0.4 is 15.7 Å². The van der Waals surface area contributed by atoms with Crippen LogP contribution in [0.1, 0.15) is 36.5 Å². The molecule has 36 heavy (non-hydrogen) atoms. The summed E-state index contributed by atoms with van der Waals surface area (Å²) in [6, 6.07) is 8.70. The maximum atomic E-state index is 12.8. The molecule has 0 fully saturated rings. The fourth-order valence-electron chi connectivity index (χ4n) is 4.80. The van der Waals surface area contributed by atoms with Crippen LogP contribution in [0.25, 0.3) is 21.9 Å². The van der Waals surface area contributed by atoms with Crippen LogP contribution in [0.3, 0.4) is 0 Å². The minimum atomic E-state index is -1.20. The van der Waals surface area contributed by atoms with Crippen LogP contribution in [-0.4, -0.2) is 39.2 Å². The summed E-state index contributed by atoms with van der Waals surface area (Å²) in [7, 11) is 0. The number of aromatic amines is 1. The molecule has 2 aromatic heterocycles. The first-order chi connectivity index (χ1) is 17.3. The maximum absolute atomic E-state index is 12.8. The van der Waals surface area contributed by atoms with Crippen molar-refractivity contribution >= 4 is 33.7 Å². The largest absolute Gasteiger partial charge is 0.508 e. The molecule has 1 aliphatic rings. The highest BCUT2D eigenvalue weighted by Crippen LogP contribution is 2.29. The molecule has 5 rings (SSSR count). The smallest absolute Gasteiger partial charge is 0.339 e. The number of H-pyrrole nitrogens is 1. The van der Waals surface area contributed by atoms with Gasteiger partial charge in [0.15, 0.2) is 6.10 Å². The second-order valence-corrected chi connectivity index (χ2v) is 9.12. The van der Waals surface area contributed by atoms with E-state index < -0.39 is 24.0 Å². The summed E-state index contributed by atoms with van der Waals surface area (Å²) >= 11 is 0. The van der Waals surface area contributed by atoms with E-state index >= 15 is 0 Å². The van der Waals surface area contributed by atoms with Crippen molar-refractivity contribution in [2.24, 2.45) is 0 Å².